The van der Waals surface area contributed by atoms with Crippen molar-refractivity contribution in [2.45, 2.75) is 127 Å². The van der Waals surface area contributed by atoms with Gasteiger partial charge in [-0.15, -0.1) is 0 Å². The van der Waals surface area contributed by atoms with Gasteiger partial charge in [-0.25, -0.2) is 0 Å². The van der Waals surface area contributed by atoms with Gasteiger partial charge in [0.1, 0.15) is 0 Å². The van der Waals surface area contributed by atoms with E-state index in [9.17, 15) is 0 Å². The minimum absolute atomic E-state index is 0.00896. The maximum atomic E-state index is 7.00. The molecule has 0 aromatic heterocycles. The van der Waals surface area contributed by atoms with E-state index in [0.29, 0.717) is 22.7 Å². The minimum Gasteiger partial charge on any atom is -0.380 e. The smallest absolute Gasteiger partial charge is 0.169 e. The third kappa shape index (κ3) is 2.74. The molecule has 7 rings (SSSR count). The molecule has 0 aromatic rings. The molecule has 3 saturated heterocycles. The summed E-state index contributed by atoms with van der Waals surface area (Å²) in [6.45, 7) is 7.85. The van der Waals surface area contributed by atoms with Crippen LogP contribution in [0, 0.1) is 34.5 Å². The number of hydrogen-bond donors (Lipinski definition) is 1. The lowest BCUT2D eigenvalue weighted by Crippen LogP contribution is -2.64. The molecule has 3 aliphatic heterocycles. The van der Waals surface area contributed by atoms with Crippen LogP contribution >= 0.6 is 0 Å². The highest BCUT2D eigenvalue weighted by Gasteiger charge is 2.81. The molecule has 7 fully saturated rings. The van der Waals surface area contributed by atoms with Gasteiger partial charge in [0.2, 0.25) is 0 Å². The summed E-state index contributed by atoms with van der Waals surface area (Å²) in [5.41, 5.74) is 7.07. The first-order valence-electron chi connectivity index (χ1n) is 14.2. The number of ether oxygens (including phenoxy) is 5. The number of nitrogens with two attached hydrogens (primary N) is 1. The predicted molar refractivity (Wildman–Crippen MR) is 127 cm³/mol. The molecule has 34 heavy (non-hydrogen) atoms. The zero-order valence-corrected chi connectivity index (χ0v) is 21.6. The Kier molecular flexibility index (Phi) is 5.00. The third-order valence-corrected chi connectivity index (χ3v) is 12.5. The normalized spacial score (nSPS) is 62.2. The Morgan fingerprint density at radius 3 is 2.62 bits per heavy atom. The second kappa shape index (κ2) is 7.41. The van der Waals surface area contributed by atoms with Crippen molar-refractivity contribution in [1.82, 2.24) is 0 Å². The van der Waals surface area contributed by atoms with E-state index >= 15 is 0 Å². The summed E-state index contributed by atoms with van der Waals surface area (Å²) in [6.07, 6.45) is 12.2. The highest BCUT2D eigenvalue weighted by atomic mass is 16.7. The quantitative estimate of drug-likeness (QED) is 0.611. The van der Waals surface area contributed by atoms with Crippen LogP contribution < -0.4 is 5.73 Å². The first-order valence-corrected chi connectivity index (χ1v) is 14.2. The van der Waals surface area contributed by atoms with Gasteiger partial charge in [-0.05, 0) is 94.8 Å². The van der Waals surface area contributed by atoms with Gasteiger partial charge in [0, 0.05) is 24.9 Å². The number of fused-ring (bicyclic) bond motifs is 3. The average molecular weight is 476 g/mol. The Morgan fingerprint density at radius 2 is 1.79 bits per heavy atom. The van der Waals surface area contributed by atoms with Crippen LogP contribution in [0.3, 0.4) is 0 Å². The van der Waals surface area contributed by atoms with Crippen LogP contribution in [0.5, 0.6) is 0 Å². The van der Waals surface area contributed by atoms with Crippen molar-refractivity contribution in [3.63, 3.8) is 0 Å². The van der Waals surface area contributed by atoms with Crippen molar-refractivity contribution in [2.75, 3.05) is 13.7 Å². The van der Waals surface area contributed by atoms with Crippen molar-refractivity contribution in [3.8, 4) is 0 Å². The fourth-order valence-corrected chi connectivity index (χ4v) is 10.8. The summed E-state index contributed by atoms with van der Waals surface area (Å²) in [5, 5.41) is 0. The molecule has 2 N–H and O–H groups in total. The lowest BCUT2D eigenvalue weighted by molar-refractivity contribution is -0.333. The van der Waals surface area contributed by atoms with E-state index in [2.05, 4.69) is 13.8 Å². The van der Waals surface area contributed by atoms with E-state index in [-0.39, 0.29) is 42.0 Å². The molecule has 0 aromatic carbocycles. The van der Waals surface area contributed by atoms with Crippen molar-refractivity contribution >= 4 is 0 Å². The Hall–Kier alpha value is -0.240. The van der Waals surface area contributed by atoms with E-state index < -0.39 is 0 Å². The standard InChI is InChI=1S/C28H45NO5/c1-16-24(29)21(30-4)14-23(32-16)33-18-7-10-25(2)17(13-18)5-6-20-19(25)8-11-27-15-31-26(3)22(27)9-12-28(20,27)34-26/h16-24H,5-15,29H2,1-4H3/t16-,17+,18-,19-,20-,21-,22-,23+,24+,25-,26+,27+,28+/m1/s1. The molecule has 6 nitrogen and oxygen atoms in total. The fourth-order valence-electron chi connectivity index (χ4n) is 10.8. The van der Waals surface area contributed by atoms with Crippen LogP contribution in [0.4, 0.5) is 0 Å². The summed E-state index contributed by atoms with van der Waals surface area (Å²) < 4.78 is 31.6. The van der Waals surface area contributed by atoms with Crippen LogP contribution in [0.1, 0.15) is 85.0 Å². The van der Waals surface area contributed by atoms with Crippen LogP contribution in [0.2, 0.25) is 0 Å². The zero-order chi connectivity index (χ0) is 23.5. The number of hydrogen-bond acceptors (Lipinski definition) is 6. The second-order valence-electron chi connectivity index (χ2n) is 13.5. The molecule has 4 aliphatic carbocycles. The Bertz CT molecular complexity index is 840. The average Bonchev–Trinajstić information content (AvgIpc) is 3.38. The molecular formula is C28H45NO5. The highest BCUT2D eigenvalue weighted by Crippen LogP contribution is 2.78. The van der Waals surface area contributed by atoms with Crippen molar-refractivity contribution in [1.29, 1.82) is 0 Å². The van der Waals surface area contributed by atoms with Crippen LogP contribution in [-0.2, 0) is 23.7 Å². The molecular weight excluding hydrogens is 430 g/mol. The summed E-state index contributed by atoms with van der Waals surface area (Å²) in [7, 11) is 1.75. The second-order valence-corrected chi connectivity index (χ2v) is 13.5. The first kappa shape index (κ1) is 22.9. The fraction of sp³-hybridized carbons (Fsp3) is 1.00. The van der Waals surface area contributed by atoms with Gasteiger partial charge < -0.3 is 29.4 Å². The molecule has 13 atom stereocenters. The van der Waals surface area contributed by atoms with E-state index in [4.69, 9.17) is 29.4 Å². The molecule has 4 saturated carbocycles. The molecule has 4 bridgehead atoms. The maximum Gasteiger partial charge on any atom is 0.169 e. The monoisotopic (exact) mass is 475 g/mol. The van der Waals surface area contributed by atoms with Crippen molar-refractivity contribution in [2.24, 2.45) is 40.2 Å². The van der Waals surface area contributed by atoms with E-state index in [1.165, 1.54) is 51.4 Å². The van der Waals surface area contributed by atoms with Crippen LogP contribution in [0.25, 0.3) is 0 Å². The topological polar surface area (TPSA) is 72.2 Å². The maximum absolute atomic E-state index is 7.00. The van der Waals surface area contributed by atoms with Gasteiger partial charge in [0.15, 0.2) is 12.1 Å². The third-order valence-electron chi connectivity index (χ3n) is 12.5. The number of rotatable bonds is 3. The molecule has 6 heteroatoms. The van der Waals surface area contributed by atoms with Gasteiger partial charge in [0.25, 0.3) is 0 Å². The van der Waals surface area contributed by atoms with Crippen molar-refractivity contribution in [3.05, 3.63) is 0 Å². The zero-order valence-electron chi connectivity index (χ0n) is 21.6. The lowest BCUT2D eigenvalue weighted by atomic mass is 9.43. The Morgan fingerprint density at radius 1 is 0.941 bits per heavy atom. The Balaban J connectivity index is 1.07. The molecule has 7 aliphatic rings. The van der Waals surface area contributed by atoms with Crippen molar-refractivity contribution < 1.29 is 23.7 Å². The molecule has 0 radical (unpaired) electrons. The van der Waals surface area contributed by atoms with Crippen LogP contribution in [0.15, 0.2) is 0 Å². The molecule has 0 amide bonds. The van der Waals surface area contributed by atoms with Gasteiger partial charge in [-0.2, -0.15) is 0 Å². The number of methoxy groups -OCH3 is 1. The summed E-state index contributed by atoms with van der Waals surface area (Å²) in [6, 6.07) is -0.0836. The molecule has 1 spiro atoms. The van der Waals surface area contributed by atoms with E-state index in [1.807, 2.05) is 6.92 Å². The summed E-state index contributed by atoms with van der Waals surface area (Å²) >= 11 is 0. The molecule has 3 heterocycles. The SMILES string of the molecule is CO[C@@H]1C[C@H](O[C@@H]2CC[C@]3(C)[C@@H](CC[C@@H]4[C@H]3CC[C@@]35CO[C@@]6(C)O[C@@]43CC[C@H]65)C2)O[C@H](C)[C@@H]1N. The van der Waals surface area contributed by atoms with Gasteiger partial charge in [0.05, 0.1) is 36.6 Å². The summed E-state index contributed by atoms with van der Waals surface area (Å²) in [4.78, 5) is 0. The van der Waals surface area contributed by atoms with Gasteiger partial charge in [-0.3, -0.25) is 0 Å². The van der Waals surface area contributed by atoms with E-state index in [0.717, 1.165) is 31.3 Å². The lowest BCUT2D eigenvalue weighted by Gasteiger charge is -2.64. The Labute approximate surface area is 204 Å². The van der Waals surface area contributed by atoms with Gasteiger partial charge >= 0.3 is 0 Å². The molecule has 0 unspecified atom stereocenters. The molecule has 192 valence electrons. The van der Waals surface area contributed by atoms with E-state index in [1.54, 1.807) is 7.11 Å². The largest absolute Gasteiger partial charge is 0.380 e. The predicted octanol–water partition coefficient (Wildman–Crippen LogP) is 4.39. The highest BCUT2D eigenvalue weighted by molar-refractivity contribution is 5.26. The van der Waals surface area contributed by atoms with Gasteiger partial charge in [-0.1, -0.05) is 6.92 Å². The summed E-state index contributed by atoms with van der Waals surface area (Å²) in [5.74, 6) is 2.54. The minimum atomic E-state index is -0.309. The first-order chi connectivity index (χ1) is 16.2. The van der Waals surface area contributed by atoms with Crippen LogP contribution in [-0.4, -0.2) is 55.7 Å².